The fraction of sp³-hybridized carbons (Fsp3) is 0.429. The van der Waals surface area contributed by atoms with Gasteiger partial charge in [-0.3, -0.25) is 9.59 Å². The van der Waals surface area contributed by atoms with Gasteiger partial charge in [0.1, 0.15) is 0 Å². The number of likely N-dealkylation sites (tertiary alicyclic amines) is 1. The minimum Gasteiger partial charge on any atom is -0.342 e. The second kappa shape index (κ2) is 8.28. The Morgan fingerprint density at radius 3 is 2.74 bits per heavy atom. The van der Waals surface area contributed by atoms with Crippen LogP contribution < -0.4 is 10.2 Å². The molecule has 0 saturated carbocycles. The molecule has 0 bridgehead atoms. The number of carbonyl (C=O) groups is 2. The molecule has 2 amide bonds. The van der Waals surface area contributed by atoms with Gasteiger partial charge >= 0.3 is 0 Å². The predicted octanol–water partition coefficient (Wildman–Crippen LogP) is 2.68. The molecule has 1 N–H and O–H groups in total. The van der Waals surface area contributed by atoms with Crippen molar-refractivity contribution < 1.29 is 9.59 Å². The summed E-state index contributed by atoms with van der Waals surface area (Å²) in [5.74, 6) is 0.482. The molecular weight excluding hydrogens is 362 g/mol. The topological polar surface area (TPSA) is 52.7 Å². The average molecular weight is 388 g/mol. The van der Waals surface area contributed by atoms with Crippen LogP contribution in [0, 0.1) is 11.8 Å². The molecule has 2 aromatic carbocycles. The van der Waals surface area contributed by atoms with Gasteiger partial charge in [0.05, 0.1) is 11.6 Å². The van der Waals surface area contributed by atoms with Crippen molar-refractivity contribution in [3.63, 3.8) is 0 Å². The lowest BCUT2D eigenvalue weighted by Gasteiger charge is -2.22. The summed E-state index contributed by atoms with van der Waals surface area (Å²) >= 11 is 0. The monoisotopic (exact) mass is 387 g/mol. The van der Waals surface area contributed by atoms with Crippen LogP contribution >= 0.6 is 12.4 Å². The number of anilines is 1. The fourth-order valence-corrected chi connectivity index (χ4v) is 4.30. The van der Waals surface area contributed by atoms with Crippen LogP contribution in [0.5, 0.6) is 0 Å². The first-order valence-electron chi connectivity index (χ1n) is 9.39. The average Bonchev–Trinajstić information content (AvgIpc) is 3.28. The first kappa shape index (κ1) is 19.6. The van der Waals surface area contributed by atoms with Gasteiger partial charge in [-0.2, -0.15) is 0 Å². The zero-order valence-electron chi connectivity index (χ0n) is 15.6. The Labute approximate surface area is 166 Å². The van der Waals surface area contributed by atoms with Gasteiger partial charge in [-0.1, -0.05) is 36.4 Å². The standard InChI is InChI=1S/C21H25N3O2.ClH/c1-22-12-15-9-10-23(13-15)21(26)17-11-20(25)24(14-17)19-8-4-6-16-5-2-3-7-18(16)19;/h2-8,15,17,22H,9-14H2,1H3;1H. The van der Waals surface area contributed by atoms with Crippen LogP contribution in [0.25, 0.3) is 10.8 Å². The van der Waals surface area contributed by atoms with E-state index < -0.39 is 0 Å². The Hall–Kier alpha value is -2.11. The molecule has 27 heavy (non-hydrogen) atoms. The Morgan fingerprint density at radius 2 is 1.93 bits per heavy atom. The van der Waals surface area contributed by atoms with Gasteiger partial charge in [-0.05, 0) is 37.4 Å². The first-order chi connectivity index (χ1) is 12.7. The minimum absolute atomic E-state index is 0. The van der Waals surface area contributed by atoms with Gasteiger partial charge in [0.2, 0.25) is 11.8 Å². The lowest BCUT2D eigenvalue weighted by molar-refractivity contribution is -0.134. The smallest absolute Gasteiger partial charge is 0.228 e. The number of hydrogen-bond acceptors (Lipinski definition) is 3. The van der Waals surface area contributed by atoms with Crippen molar-refractivity contribution >= 4 is 40.7 Å². The van der Waals surface area contributed by atoms with Crippen LogP contribution in [0.4, 0.5) is 5.69 Å². The van der Waals surface area contributed by atoms with Crippen molar-refractivity contribution in [3.8, 4) is 0 Å². The lowest BCUT2D eigenvalue weighted by atomic mass is 10.1. The maximum atomic E-state index is 12.9. The van der Waals surface area contributed by atoms with Gasteiger partial charge in [0.15, 0.2) is 0 Å². The molecule has 2 aliphatic rings. The second-order valence-electron chi connectivity index (χ2n) is 7.40. The van der Waals surface area contributed by atoms with Gasteiger partial charge in [0.25, 0.3) is 0 Å². The van der Waals surface area contributed by atoms with E-state index in [2.05, 4.69) is 5.32 Å². The Bertz CT molecular complexity index is 836. The summed E-state index contributed by atoms with van der Waals surface area (Å²) in [4.78, 5) is 29.3. The summed E-state index contributed by atoms with van der Waals surface area (Å²) in [6, 6.07) is 14.1. The van der Waals surface area contributed by atoms with Crippen molar-refractivity contribution in [1.82, 2.24) is 10.2 Å². The molecule has 4 rings (SSSR count). The molecular formula is C21H26ClN3O2. The van der Waals surface area contributed by atoms with Crippen LogP contribution in [0.2, 0.25) is 0 Å². The molecule has 2 atom stereocenters. The Morgan fingerprint density at radius 1 is 1.15 bits per heavy atom. The molecule has 0 radical (unpaired) electrons. The fourth-order valence-electron chi connectivity index (χ4n) is 4.30. The molecule has 0 spiro atoms. The van der Waals surface area contributed by atoms with E-state index in [1.807, 2.05) is 54.4 Å². The summed E-state index contributed by atoms with van der Waals surface area (Å²) in [5, 5.41) is 5.37. The van der Waals surface area contributed by atoms with E-state index >= 15 is 0 Å². The number of benzene rings is 2. The number of fused-ring (bicyclic) bond motifs is 1. The zero-order chi connectivity index (χ0) is 18.1. The molecule has 2 fully saturated rings. The summed E-state index contributed by atoms with van der Waals surface area (Å²) in [6.45, 7) is 3.04. The molecule has 6 heteroatoms. The SMILES string of the molecule is CNCC1CCN(C(=O)C2CC(=O)N(c3cccc4ccccc34)C2)C1.Cl. The number of carbonyl (C=O) groups excluding carboxylic acids is 2. The van der Waals surface area contributed by atoms with Gasteiger partial charge in [0, 0.05) is 31.4 Å². The molecule has 2 aliphatic heterocycles. The second-order valence-corrected chi connectivity index (χ2v) is 7.40. The van der Waals surface area contributed by atoms with Crippen molar-refractivity contribution in [3.05, 3.63) is 42.5 Å². The molecule has 2 heterocycles. The highest BCUT2D eigenvalue weighted by atomic mass is 35.5. The lowest BCUT2D eigenvalue weighted by Crippen LogP contribution is -2.36. The number of nitrogens with one attached hydrogen (secondary N) is 1. The summed E-state index contributed by atoms with van der Waals surface area (Å²) in [5.41, 5.74) is 0.915. The number of nitrogens with zero attached hydrogens (tertiary/aromatic N) is 2. The molecule has 0 aromatic heterocycles. The van der Waals surface area contributed by atoms with Crippen LogP contribution in [-0.2, 0) is 9.59 Å². The summed E-state index contributed by atoms with van der Waals surface area (Å²) in [7, 11) is 1.95. The van der Waals surface area contributed by atoms with Crippen molar-refractivity contribution in [2.24, 2.45) is 11.8 Å². The number of rotatable bonds is 4. The largest absolute Gasteiger partial charge is 0.342 e. The van der Waals surface area contributed by atoms with Crippen molar-refractivity contribution in [1.29, 1.82) is 0 Å². The molecule has 2 unspecified atom stereocenters. The van der Waals surface area contributed by atoms with Gasteiger partial charge in [-0.25, -0.2) is 0 Å². The van der Waals surface area contributed by atoms with E-state index in [-0.39, 0.29) is 30.1 Å². The Kier molecular flexibility index (Phi) is 6.02. The van der Waals surface area contributed by atoms with E-state index in [4.69, 9.17) is 0 Å². The third-order valence-corrected chi connectivity index (χ3v) is 5.62. The maximum absolute atomic E-state index is 12.9. The zero-order valence-corrected chi connectivity index (χ0v) is 16.4. The molecule has 2 saturated heterocycles. The van der Waals surface area contributed by atoms with Crippen LogP contribution in [0.3, 0.4) is 0 Å². The third kappa shape index (κ3) is 3.80. The minimum atomic E-state index is -0.227. The van der Waals surface area contributed by atoms with Crippen LogP contribution in [0.1, 0.15) is 12.8 Å². The number of hydrogen-bond donors (Lipinski definition) is 1. The molecule has 0 aliphatic carbocycles. The van der Waals surface area contributed by atoms with E-state index in [1.165, 1.54) is 0 Å². The third-order valence-electron chi connectivity index (χ3n) is 5.62. The van der Waals surface area contributed by atoms with E-state index in [0.717, 1.165) is 42.5 Å². The quantitative estimate of drug-likeness (QED) is 0.877. The number of halogens is 1. The Balaban J connectivity index is 0.00000210. The normalized spacial score (nSPS) is 22.3. The maximum Gasteiger partial charge on any atom is 0.228 e. The highest BCUT2D eigenvalue weighted by molar-refractivity contribution is 6.07. The van der Waals surface area contributed by atoms with Gasteiger partial charge in [-0.15, -0.1) is 12.4 Å². The predicted molar refractivity (Wildman–Crippen MR) is 110 cm³/mol. The highest BCUT2D eigenvalue weighted by Crippen LogP contribution is 2.32. The van der Waals surface area contributed by atoms with Gasteiger partial charge < -0.3 is 15.1 Å². The van der Waals surface area contributed by atoms with Crippen molar-refractivity contribution in [2.45, 2.75) is 12.8 Å². The summed E-state index contributed by atoms with van der Waals surface area (Å²) < 4.78 is 0. The molecule has 5 nitrogen and oxygen atoms in total. The van der Waals surface area contributed by atoms with E-state index in [0.29, 0.717) is 18.9 Å². The highest BCUT2D eigenvalue weighted by Gasteiger charge is 2.39. The van der Waals surface area contributed by atoms with Crippen LogP contribution in [-0.4, -0.2) is 49.9 Å². The summed E-state index contributed by atoms with van der Waals surface area (Å²) in [6.07, 6.45) is 1.36. The van der Waals surface area contributed by atoms with Crippen LogP contribution in [0.15, 0.2) is 42.5 Å². The first-order valence-corrected chi connectivity index (χ1v) is 9.39. The number of amides is 2. The molecule has 144 valence electrons. The molecule has 2 aromatic rings. The van der Waals surface area contributed by atoms with Crippen molar-refractivity contribution in [2.75, 3.05) is 38.1 Å². The van der Waals surface area contributed by atoms with E-state index in [9.17, 15) is 9.59 Å². The van der Waals surface area contributed by atoms with E-state index in [1.54, 1.807) is 4.90 Å².